The van der Waals surface area contributed by atoms with Crippen LogP contribution in [0.15, 0.2) is 79.0 Å². The molecule has 0 amide bonds. The third-order valence-electron chi connectivity index (χ3n) is 6.50. The number of allylic oxidation sites excluding steroid dienone is 1. The first-order valence-electron chi connectivity index (χ1n) is 10.9. The molecule has 1 aliphatic rings. The molecule has 32 heavy (non-hydrogen) atoms. The van der Waals surface area contributed by atoms with E-state index in [1.165, 1.54) is 27.5 Å². The van der Waals surface area contributed by atoms with Crippen LogP contribution in [0.2, 0.25) is 0 Å². The Kier molecular flexibility index (Phi) is 4.70. The molecule has 0 spiro atoms. The highest BCUT2D eigenvalue weighted by Crippen LogP contribution is 2.43. The Balaban J connectivity index is 1.64. The van der Waals surface area contributed by atoms with Gasteiger partial charge in [-0.25, -0.2) is 4.79 Å². The minimum atomic E-state index is -0.908. The molecule has 0 fully saturated rings. The number of carbonyl (C=O) groups is 1. The van der Waals surface area contributed by atoms with Crippen LogP contribution in [0, 0.1) is 6.92 Å². The van der Waals surface area contributed by atoms with Gasteiger partial charge < -0.3 is 5.11 Å². The molecule has 3 heteroatoms. The first kappa shape index (κ1) is 20.2. The van der Waals surface area contributed by atoms with Gasteiger partial charge in [0.05, 0.1) is 5.56 Å². The van der Waals surface area contributed by atoms with Gasteiger partial charge in [0.1, 0.15) is 0 Å². The number of pyridine rings is 1. The summed E-state index contributed by atoms with van der Waals surface area (Å²) < 4.78 is 0. The predicted molar refractivity (Wildman–Crippen MR) is 130 cm³/mol. The van der Waals surface area contributed by atoms with Crippen molar-refractivity contribution in [3.8, 4) is 11.1 Å². The maximum absolute atomic E-state index is 11.2. The van der Waals surface area contributed by atoms with Crippen LogP contribution in [0.4, 0.5) is 0 Å². The number of benzene rings is 3. The number of fused-ring (bicyclic) bond motifs is 2. The molecule has 4 aromatic rings. The fourth-order valence-electron chi connectivity index (χ4n) is 4.54. The van der Waals surface area contributed by atoms with E-state index in [-0.39, 0.29) is 5.41 Å². The number of aromatic carboxylic acids is 1. The molecule has 158 valence electrons. The molecule has 0 saturated heterocycles. The molecule has 1 heterocycles. The largest absolute Gasteiger partial charge is 0.478 e. The molecule has 0 atom stereocenters. The van der Waals surface area contributed by atoms with Gasteiger partial charge in [-0.1, -0.05) is 50.3 Å². The minimum Gasteiger partial charge on any atom is -0.478 e. The van der Waals surface area contributed by atoms with Crippen molar-refractivity contribution in [1.29, 1.82) is 0 Å². The standard InChI is InChI=1S/C29H25NO2/c1-18-4-5-23(17-30-18)25-12-13-29(2,3)27-16-22-11-10-21(14-24(22)15-26(25)27)19-6-8-20(9-7-19)28(31)32/h4-12,14-17H,13H2,1-3H3,(H,31,32). The summed E-state index contributed by atoms with van der Waals surface area (Å²) in [6, 6.07) is 22.4. The second-order valence-corrected chi connectivity index (χ2v) is 9.24. The lowest BCUT2D eigenvalue weighted by atomic mass is 9.71. The molecule has 0 bridgehead atoms. The Labute approximate surface area is 188 Å². The Morgan fingerprint density at radius 2 is 1.59 bits per heavy atom. The normalized spacial score (nSPS) is 14.7. The van der Waals surface area contributed by atoms with E-state index < -0.39 is 5.97 Å². The summed E-state index contributed by atoms with van der Waals surface area (Å²) in [4.78, 5) is 15.7. The number of hydrogen-bond donors (Lipinski definition) is 1. The molecule has 0 radical (unpaired) electrons. The van der Waals surface area contributed by atoms with E-state index in [0.29, 0.717) is 5.56 Å². The van der Waals surface area contributed by atoms with Gasteiger partial charge in [-0.15, -0.1) is 0 Å². The second-order valence-electron chi connectivity index (χ2n) is 9.24. The highest BCUT2D eigenvalue weighted by Gasteiger charge is 2.29. The summed E-state index contributed by atoms with van der Waals surface area (Å²) in [5.41, 5.74) is 8.48. The van der Waals surface area contributed by atoms with Crippen LogP contribution in [0.1, 0.15) is 53.0 Å². The summed E-state index contributed by atoms with van der Waals surface area (Å²) >= 11 is 0. The third kappa shape index (κ3) is 3.50. The zero-order valence-electron chi connectivity index (χ0n) is 18.5. The maximum Gasteiger partial charge on any atom is 0.335 e. The Hall–Kier alpha value is -3.72. The van der Waals surface area contributed by atoms with Gasteiger partial charge in [0, 0.05) is 17.5 Å². The van der Waals surface area contributed by atoms with Crippen molar-refractivity contribution < 1.29 is 9.90 Å². The van der Waals surface area contributed by atoms with Crippen molar-refractivity contribution in [2.24, 2.45) is 0 Å². The topological polar surface area (TPSA) is 50.2 Å². The maximum atomic E-state index is 11.2. The lowest BCUT2D eigenvalue weighted by Crippen LogP contribution is -2.22. The predicted octanol–water partition coefficient (Wildman–Crippen LogP) is 7.02. The summed E-state index contributed by atoms with van der Waals surface area (Å²) in [5, 5.41) is 11.6. The quantitative estimate of drug-likeness (QED) is 0.388. The van der Waals surface area contributed by atoms with E-state index in [1.54, 1.807) is 12.1 Å². The summed E-state index contributed by atoms with van der Waals surface area (Å²) in [6.07, 6.45) is 5.30. The van der Waals surface area contributed by atoms with Gasteiger partial charge in [0.15, 0.2) is 0 Å². The minimum absolute atomic E-state index is 0.0660. The van der Waals surface area contributed by atoms with Crippen LogP contribution in [-0.4, -0.2) is 16.1 Å². The third-order valence-corrected chi connectivity index (χ3v) is 6.50. The van der Waals surface area contributed by atoms with Gasteiger partial charge in [-0.3, -0.25) is 4.98 Å². The molecule has 0 unspecified atom stereocenters. The number of nitrogens with zero attached hydrogens (tertiary/aromatic N) is 1. The molecule has 1 aliphatic carbocycles. The fourth-order valence-corrected chi connectivity index (χ4v) is 4.54. The summed E-state index contributed by atoms with van der Waals surface area (Å²) in [7, 11) is 0. The highest BCUT2D eigenvalue weighted by molar-refractivity contribution is 5.95. The number of aryl methyl sites for hydroxylation is 1. The van der Waals surface area contributed by atoms with Crippen molar-refractivity contribution in [3.63, 3.8) is 0 Å². The average molecular weight is 420 g/mol. The zero-order valence-corrected chi connectivity index (χ0v) is 18.5. The van der Waals surface area contributed by atoms with Crippen LogP contribution in [0.25, 0.3) is 27.5 Å². The molecule has 0 saturated carbocycles. The summed E-state index contributed by atoms with van der Waals surface area (Å²) in [6.45, 7) is 6.61. The molecule has 0 aliphatic heterocycles. The Morgan fingerprint density at radius 1 is 0.875 bits per heavy atom. The number of rotatable bonds is 3. The van der Waals surface area contributed by atoms with Crippen molar-refractivity contribution in [3.05, 3.63) is 107 Å². The molecule has 3 nitrogen and oxygen atoms in total. The van der Waals surface area contributed by atoms with Crippen molar-refractivity contribution in [2.75, 3.05) is 0 Å². The first-order valence-corrected chi connectivity index (χ1v) is 10.9. The van der Waals surface area contributed by atoms with Crippen LogP contribution in [0.3, 0.4) is 0 Å². The van der Waals surface area contributed by atoms with Gasteiger partial charge >= 0.3 is 5.97 Å². The molecular weight excluding hydrogens is 394 g/mol. The first-order chi connectivity index (χ1) is 15.3. The lowest BCUT2D eigenvalue weighted by molar-refractivity contribution is 0.0697. The van der Waals surface area contributed by atoms with Crippen molar-refractivity contribution >= 4 is 22.3 Å². The highest BCUT2D eigenvalue weighted by atomic mass is 16.4. The van der Waals surface area contributed by atoms with E-state index in [4.69, 9.17) is 5.11 Å². The average Bonchev–Trinajstić information content (AvgIpc) is 2.79. The summed E-state index contributed by atoms with van der Waals surface area (Å²) in [5.74, 6) is -0.908. The lowest BCUT2D eigenvalue weighted by Gasteiger charge is -2.32. The second kappa shape index (κ2) is 7.45. The van der Waals surface area contributed by atoms with E-state index in [0.717, 1.165) is 28.8 Å². The molecular formula is C29H25NO2. The zero-order chi connectivity index (χ0) is 22.5. The SMILES string of the molecule is Cc1ccc(C2=CCC(C)(C)c3cc4ccc(-c5ccc(C(=O)O)cc5)cc4cc32)cn1. The molecule has 1 N–H and O–H groups in total. The van der Waals surface area contributed by atoms with E-state index in [1.807, 2.05) is 25.3 Å². The van der Waals surface area contributed by atoms with Crippen molar-refractivity contribution in [2.45, 2.75) is 32.6 Å². The number of carboxylic acid groups (broad SMARTS) is 1. The van der Waals surface area contributed by atoms with E-state index >= 15 is 0 Å². The molecule has 3 aromatic carbocycles. The van der Waals surface area contributed by atoms with E-state index in [2.05, 4.69) is 67.4 Å². The van der Waals surface area contributed by atoms with Crippen LogP contribution < -0.4 is 0 Å². The number of hydrogen-bond acceptors (Lipinski definition) is 2. The van der Waals surface area contributed by atoms with Gasteiger partial charge in [0.2, 0.25) is 0 Å². The smallest absolute Gasteiger partial charge is 0.335 e. The van der Waals surface area contributed by atoms with Crippen LogP contribution in [0.5, 0.6) is 0 Å². The van der Waals surface area contributed by atoms with Gasteiger partial charge in [-0.2, -0.15) is 0 Å². The van der Waals surface area contributed by atoms with Gasteiger partial charge in [0.25, 0.3) is 0 Å². The van der Waals surface area contributed by atoms with Crippen LogP contribution in [-0.2, 0) is 5.41 Å². The monoisotopic (exact) mass is 419 g/mol. The number of aromatic nitrogens is 1. The Morgan fingerprint density at radius 3 is 2.28 bits per heavy atom. The van der Waals surface area contributed by atoms with Crippen LogP contribution >= 0.6 is 0 Å². The van der Waals surface area contributed by atoms with Gasteiger partial charge in [-0.05, 0) is 93.8 Å². The molecule has 5 rings (SSSR count). The van der Waals surface area contributed by atoms with Crippen molar-refractivity contribution in [1.82, 2.24) is 4.98 Å². The van der Waals surface area contributed by atoms with E-state index in [9.17, 15) is 4.79 Å². The fraction of sp³-hybridized carbons (Fsp3) is 0.172. The Bertz CT molecular complexity index is 1380. The molecule has 1 aromatic heterocycles. The number of carboxylic acids is 1.